The lowest BCUT2D eigenvalue weighted by atomic mass is 10.3. The predicted molar refractivity (Wildman–Crippen MR) is 57.2 cm³/mol. The molecule has 0 spiro atoms. The summed E-state index contributed by atoms with van der Waals surface area (Å²) in [6, 6.07) is 0. The molecule has 2 rings (SSSR count). The quantitative estimate of drug-likeness (QED) is 0.859. The Bertz CT molecular complexity index is 321. The summed E-state index contributed by atoms with van der Waals surface area (Å²) in [6.45, 7) is 0.442. The van der Waals surface area contributed by atoms with Gasteiger partial charge in [0.2, 0.25) is 0 Å². The van der Waals surface area contributed by atoms with Crippen molar-refractivity contribution >= 4 is 11.6 Å². The Kier molecular flexibility index (Phi) is 3.49. The van der Waals surface area contributed by atoms with Crippen molar-refractivity contribution in [1.29, 1.82) is 0 Å². The molecule has 0 bridgehead atoms. The zero-order valence-corrected chi connectivity index (χ0v) is 9.28. The second-order valence-corrected chi connectivity index (χ2v) is 4.13. The minimum Gasteiger partial charge on any atom is -0.486 e. The van der Waals surface area contributed by atoms with E-state index < -0.39 is 0 Å². The maximum absolute atomic E-state index is 8.78. The molecule has 15 heavy (non-hydrogen) atoms. The van der Waals surface area contributed by atoms with Crippen molar-refractivity contribution in [2.24, 2.45) is 0 Å². The molecule has 1 saturated carbocycles. The number of aliphatic hydroxyl groups is 1. The minimum atomic E-state index is 0.0320. The summed E-state index contributed by atoms with van der Waals surface area (Å²) in [5.41, 5.74) is 0. The highest BCUT2D eigenvalue weighted by atomic mass is 35.5. The third-order valence-electron chi connectivity index (χ3n) is 2.65. The normalized spacial score (nSPS) is 17.2. The molecule has 1 fully saturated rings. The van der Waals surface area contributed by atoms with Gasteiger partial charge in [0.05, 0.1) is 25.5 Å². The number of aromatic nitrogens is 2. The van der Waals surface area contributed by atoms with Crippen molar-refractivity contribution in [2.45, 2.75) is 38.3 Å². The van der Waals surface area contributed by atoms with Crippen LogP contribution < -0.4 is 4.74 Å². The fraction of sp³-hybridized carbons (Fsp3) is 0.700. The third-order valence-corrected chi connectivity index (χ3v) is 3.03. The predicted octanol–water partition coefficient (Wildman–Crippen LogP) is 1.85. The average molecular weight is 231 g/mol. The molecule has 0 aliphatic heterocycles. The molecule has 1 heterocycles. The number of hydrogen-bond donors (Lipinski definition) is 1. The van der Waals surface area contributed by atoms with Gasteiger partial charge in [0.25, 0.3) is 0 Å². The SMILES string of the molecule is OCCn1ncc(OC2CCCC2)c1Cl. The zero-order chi connectivity index (χ0) is 10.7. The maximum atomic E-state index is 8.78. The van der Waals surface area contributed by atoms with Crippen molar-refractivity contribution in [2.75, 3.05) is 6.61 Å². The summed E-state index contributed by atoms with van der Waals surface area (Å²) >= 11 is 6.05. The average Bonchev–Trinajstić information content (AvgIpc) is 2.83. The summed E-state index contributed by atoms with van der Waals surface area (Å²) in [6.07, 6.45) is 6.56. The van der Waals surface area contributed by atoms with Gasteiger partial charge in [-0.1, -0.05) is 11.6 Å². The Morgan fingerprint density at radius 3 is 2.93 bits per heavy atom. The number of ether oxygens (including phenoxy) is 1. The molecule has 1 aliphatic carbocycles. The lowest BCUT2D eigenvalue weighted by molar-refractivity contribution is 0.209. The van der Waals surface area contributed by atoms with Gasteiger partial charge in [-0.3, -0.25) is 0 Å². The highest BCUT2D eigenvalue weighted by Crippen LogP contribution is 2.29. The number of rotatable bonds is 4. The molecule has 1 aromatic rings. The molecule has 0 amide bonds. The van der Waals surface area contributed by atoms with Crippen LogP contribution in [0.2, 0.25) is 5.15 Å². The molecule has 1 N–H and O–H groups in total. The van der Waals surface area contributed by atoms with E-state index >= 15 is 0 Å². The van der Waals surface area contributed by atoms with Gasteiger partial charge in [-0.25, -0.2) is 4.68 Å². The van der Waals surface area contributed by atoms with Gasteiger partial charge in [-0.15, -0.1) is 0 Å². The first-order valence-electron chi connectivity index (χ1n) is 5.30. The number of hydrogen-bond acceptors (Lipinski definition) is 3. The Morgan fingerprint density at radius 1 is 1.53 bits per heavy atom. The highest BCUT2D eigenvalue weighted by Gasteiger charge is 2.19. The molecule has 5 heteroatoms. The zero-order valence-electron chi connectivity index (χ0n) is 8.53. The Balaban J connectivity index is 2.01. The summed E-state index contributed by atoms with van der Waals surface area (Å²) in [5.74, 6) is 0.636. The van der Waals surface area contributed by atoms with E-state index in [2.05, 4.69) is 5.10 Å². The van der Waals surface area contributed by atoms with E-state index in [4.69, 9.17) is 21.4 Å². The van der Waals surface area contributed by atoms with Gasteiger partial charge in [0, 0.05) is 0 Å². The van der Waals surface area contributed by atoms with Crippen LogP contribution in [-0.2, 0) is 6.54 Å². The van der Waals surface area contributed by atoms with Gasteiger partial charge in [-0.05, 0) is 25.7 Å². The van der Waals surface area contributed by atoms with Crippen molar-refractivity contribution in [1.82, 2.24) is 9.78 Å². The van der Waals surface area contributed by atoms with Crippen LogP contribution in [0.4, 0.5) is 0 Å². The van der Waals surface area contributed by atoms with E-state index in [9.17, 15) is 0 Å². The summed E-state index contributed by atoms with van der Waals surface area (Å²) < 4.78 is 7.28. The number of halogens is 1. The van der Waals surface area contributed by atoms with E-state index in [1.54, 1.807) is 10.9 Å². The van der Waals surface area contributed by atoms with Crippen LogP contribution in [0.3, 0.4) is 0 Å². The molecule has 0 radical (unpaired) electrons. The fourth-order valence-electron chi connectivity index (χ4n) is 1.87. The summed E-state index contributed by atoms with van der Waals surface area (Å²) in [5, 5.41) is 13.3. The van der Waals surface area contributed by atoms with Gasteiger partial charge in [0.1, 0.15) is 0 Å². The third kappa shape index (κ3) is 2.44. The molecule has 4 nitrogen and oxygen atoms in total. The van der Waals surface area contributed by atoms with Crippen LogP contribution >= 0.6 is 11.6 Å². The summed E-state index contributed by atoms with van der Waals surface area (Å²) in [7, 11) is 0. The second kappa shape index (κ2) is 4.86. The van der Waals surface area contributed by atoms with Crippen molar-refractivity contribution in [3.8, 4) is 5.75 Å². The number of aliphatic hydroxyl groups excluding tert-OH is 1. The topological polar surface area (TPSA) is 47.3 Å². The van der Waals surface area contributed by atoms with Crippen molar-refractivity contribution < 1.29 is 9.84 Å². The molecule has 0 aromatic carbocycles. The van der Waals surface area contributed by atoms with Crippen LogP contribution in [0.5, 0.6) is 5.75 Å². The fourth-order valence-corrected chi connectivity index (χ4v) is 2.09. The van der Waals surface area contributed by atoms with Gasteiger partial charge in [0.15, 0.2) is 10.9 Å². The van der Waals surface area contributed by atoms with E-state index in [1.807, 2.05) is 0 Å². The van der Waals surface area contributed by atoms with Crippen LogP contribution in [0.15, 0.2) is 6.20 Å². The van der Waals surface area contributed by atoms with Crippen molar-refractivity contribution in [3.05, 3.63) is 11.3 Å². The molecular weight excluding hydrogens is 216 g/mol. The molecular formula is C10H15ClN2O2. The van der Waals surface area contributed by atoms with E-state index in [0.29, 0.717) is 17.4 Å². The molecule has 84 valence electrons. The largest absolute Gasteiger partial charge is 0.486 e. The molecule has 0 atom stereocenters. The minimum absolute atomic E-state index is 0.0320. The van der Waals surface area contributed by atoms with Crippen LogP contribution in [0, 0.1) is 0 Å². The monoisotopic (exact) mass is 230 g/mol. The van der Waals surface area contributed by atoms with E-state index in [1.165, 1.54) is 12.8 Å². The van der Waals surface area contributed by atoms with Crippen LogP contribution in [0.25, 0.3) is 0 Å². The number of nitrogens with zero attached hydrogens (tertiary/aromatic N) is 2. The van der Waals surface area contributed by atoms with Gasteiger partial charge in [-0.2, -0.15) is 5.10 Å². The first-order valence-corrected chi connectivity index (χ1v) is 5.68. The van der Waals surface area contributed by atoms with Gasteiger partial charge >= 0.3 is 0 Å². The molecule has 1 aliphatic rings. The van der Waals surface area contributed by atoms with Crippen molar-refractivity contribution in [3.63, 3.8) is 0 Å². The first kappa shape index (κ1) is 10.8. The van der Waals surface area contributed by atoms with Gasteiger partial charge < -0.3 is 9.84 Å². The summed E-state index contributed by atoms with van der Waals surface area (Å²) in [4.78, 5) is 0. The maximum Gasteiger partial charge on any atom is 0.176 e. The Hall–Kier alpha value is -0.740. The lowest BCUT2D eigenvalue weighted by Crippen LogP contribution is -2.11. The first-order chi connectivity index (χ1) is 7.31. The standard InChI is InChI=1S/C10H15ClN2O2/c11-10-9(7-12-13(10)5-6-14)15-8-3-1-2-4-8/h7-8,14H,1-6H2. The van der Waals surface area contributed by atoms with Crippen LogP contribution in [0.1, 0.15) is 25.7 Å². The molecule has 0 saturated heterocycles. The molecule has 0 unspecified atom stereocenters. The van der Waals surface area contributed by atoms with E-state index in [0.717, 1.165) is 12.8 Å². The Labute approximate surface area is 93.8 Å². The molecule has 1 aromatic heterocycles. The second-order valence-electron chi connectivity index (χ2n) is 3.77. The van der Waals surface area contributed by atoms with Crippen LogP contribution in [-0.4, -0.2) is 27.6 Å². The highest BCUT2D eigenvalue weighted by molar-refractivity contribution is 6.31. The lowest BCUT2D eigenvalue weighted by Gasteiger charge is -2.11. The van der Waals surface area contributed by atoms with E-state index in [-0.39, 0.29) is 12.7 Å². The Morgan fingerprint density at radius 2 is 2.27 bits per heavy atom. The smallest absolute Gasteiger partial charge is 0.176 e.